The predicted octanol–water partition coefficient (Wildman–Crippen LogP) is 2.00. The fourth-order valence-electron chi connectivity index (χ4n) is 1.94. The Morgan fingerprint density at radius 2 is 2.00 bits per heavy atom. The Morgan fingerprint density at radius 3 is 2.58 bits per heavy atom. The van der Waals surface area contributed by atoms with Crippen LogP contribution in [0.5, 0.6) is 5.75 Å². The molecule has 0 aliphatic carbocycles. The minimum atomic E-state index is 0.0839. The summed E-state index contributed by atoms with van der Waals surface area (Å²) < 4.78 is 0. The number of aryl methyl sites for hydroxylation is 1. The molecule has 0 aliphatic heterocycles. The Morgan fingerprint density at radius 1 is 1.32 bits per heavy atom. The first kappa shape index (κ1) is 15.5. The van der Waals surface area contributed by atoms with E-state index in [1.54, 1.807) is 25.1 Å². The molecule has 0 radical (unpaired) electrons. The second kappa shape index (κ2) is 7.14. The molecule has 19 heavy (non-hydrogen) atoms. The highest BCUT2D eigenvalue weighted by molar-refractivity contribution is 5.77. The van der Waals surface area contributed by atoms with Crippen LogP contribution >= 0.6 is 0 Å². The number of likely N-dealkylation sites (N-methyl/N-ethyl adjacent to an activating group) is 1. The zero-order valence-electron chi connectivity index (χ0n) is 12.3. The van der Waals surface area contributed by atoms with Crippen molar-refractivity contribution in [3.8, 4) is 5.75 Å². The SMILES string of the molecule is CCCN(CC(=O)N(C)C)Cc1cc(C)ccc1O. The van der Waals surface area contributed by atoms with Crippen molar-refractivity contribution in [3.05, 3.63) is 29.3 Å². The summed E-state index contributed by atoms with van der Waals surface area (Å²) in [5.41, 5.74) is 1.99. The molecule has 4 heteroatoms. The van der Waals surface area contributed by atoms with Gasteiger partial charge in [0.05, 0.1) is 6.54 Å². The lowest BCUT2D eigenvalue weighted by atomic mass is 10.1. The molecule has 0 aliphatic rings. The summed E-state index contributed by atoms with van der Waals surface area (Å²) in [5.74, 6) is 0.379. The maximum absolute atomic E-state index is 11.8. The largest absolute Gasteiger partial charge is 0.508 e. The number of carbonyl (C=O) groups excluding carboxylic acids is 1. The topological polar surface area (TPSA) is 43.8 Å². The maximum atomic E-state index is 11.8. The lowest BCUT2D eigenvalue weighted by molar-refractivity contribution is -0.130. The van der Waals surface area contributed by atoms with E-state index in [0.717, 1.165) is 24.1 Å². The molecule has 1 amide bonds. The first-order valence-corrected chi connectivity index (χ1v) is 6.65. The summed E-state index contributed by atoms with van der Waals surface area (Å²) in [5, 5.41) is 9.87. The van der Waals surface area contributed by atoms with Gasteiger partial charge in [-0.05, 0) is 26.0 Å². The Labute approximate surface area is 115 Å². The van der Waals surface area contributed by atoms with Crippen LogP contribution in [0.15, 0.2) is 18.2 Å². The number of nitrogens with zero attached hydrogens (tertiary/aromatic N) is 2. The normalized spacial score (nSPS) is 10.8. The second-order valence-corrected chi connectivity index (χ2v) is 5.13. The quantitative estimate of drug-likeness (QED) is 0.854. The van der Waals surface area contributed by atoms with E-state index in [9.17, 15) is 9.90 Å². The molecule has 0 spiro atoms. The summed E-state index contributed by atoms with van der Waals surface area (Å²) in [6, 6.07) is 5.56. The summed E-state index contributed by atoms with van der Waals surface area (Å²) in [6.45, 7) is 5.91. The molecular weight excluding hydrogens is 240 g/mol. The first-order valence-electron chi connectivity index (χ1n) is 6.65. The summed E-state index contributed by atoms with van der Waals surface area (Å²) in [7, 11) is 3.52. The minimum Gasteiger partial charge on any atom is -0.508 e. The van der Waals surface area contributed by atoms with Gasteiger partial charge < -0.3 is 10.0 Å². The van der Waals surface area contributed by atoms with E-state index in [-0.39, 0.29) is 5.91 Å². The van der Waals surface area contributed by atoms with Crippen molar-refractivity contribution in [2.75, 3.05) is 27.2 Å². The highest BCUT2D eigenvalue weighted by atomic mass is 16.3. The van der Waals surface area contributed by atoms with E-state index in [1.807, 2.05) is 19.1 Å². The van der Waals surface area contributed by atoms with Gasteiger partial charge >= 0.3 is 0 Å². The van der Waals surface area contributed by atoms with Crippen LogP contribution < -0.4 is 0 Å². The minimum absolute atomic E-state index is 0.0839. The number of phenols is 1. The van der Waals surface area contributed by atoms with Gasteiger partial charge in [-0.1, -0.05) is 24.6 Å². The number of amides is 1. The van der Waals surface area contributed by atoms with Crippen LogP contribution in [0.1, 0.15) is 24.5 Å². The van der Waals surface area contributed by atoms with Crippen molar-refractivity contribution in [1.82, 2.24) is 9.80 Å². The molecule has 0 saturated heterocycles. The third kappa shape index (κ3) is 4.91. The van der Waals surface area contributed by atoms with Gasteiger partial charge in [-0.2, -0.15) is 0 Å². The fourth-order valence-corrected chi connectivity index (χ4v) is 1.94. The average molecular weight is 264 g/mol. The fraction of sp³-hybridized carbons (Fsp3) is 0.533. The summed E-state index contributed by atoms with van der Waals surface area (Å²) >= 11 is 0. The molecule has 1 N–H and O–H groups in total. The van der Waals surface area contributed by atoms with E-state index in [2.05, 4.69) is 11.8 Å². The molecule has 1 aromatic carbocycles. The van der Waals surface area contributed by atoms with Gasteiger partial charge in [-0.25, -0.2) is 0 Å². The van der Waals surface area contributed by atoms with Gasteiger partial charge in [0.15, 0.2) is 0 Å². The lowest BCUT2D eigenvalue weighted by Gasteiger charge is -2.23. The number of aromatic hydroxyl groups is 1. The molecular formula is C15H24N2O2. The molecule has 0 heterocycles. The van der Waals surface area contributed by atoms with Crippen molar-refractivity contribution in [2.45, 2.75) is 26.8 Å². The number of carbonyl (C=O) groups is 1. The standard InChI is InChI=1S/C15H24N2O2/c1-5-8-17(11-15(19)16(3)4)10-13-9-12(2)6-7-14(13)18/h6-7,9,18H,5,8,10-11H2,1-4H3. The monoisotopic (exact) mass is 264 g/mol. The first-order chi connectivity index (χ1) is 8.93. The van der Waals surface area contributed by atoms with Gasteiger partial charge in [-0.15, -0.1) is 0 Å². The molecule has 0 aromatic heterocycles. The van der Waals surface area contributed by atoms with Gasteiger partial charge in [0.25, 0.3) is 0 Å². The Hall–Kier alpha value is -1.55. The van der Waals surface area contributed by atoms with Gasteiger partial charge in [0.2, 0.25) is 5.91 Å². The van der Waals surface area contributed by atoms with Gasteiger partial charge in [-0.3, -0.25) is 9.69 Å². The number of hydrogen-bond donors (Lipinski definition) is 1. The Kier molecular flexibility index (Phi) is 5.83. The molecule has 0 bridgehead atoms. The van der Waals surface area contributed by atoms with Crippen molar-refractivity contribution in [1.29, 1.82) is 0 Å². The Balaban J connectivity index is 2.77. The summed E-state index contributed by atoms with van der Waals surface area (Å²) in [4.78, 5) is 15.5. The van der Waals surface area contributed by atoms with Crippen LogP contribution in [0, 0.1) is 6.92 Å². The van der Waals surface area contributed by atoms with Crippen molar-refractivity contribution in [2.24, 2.45) is 0 Å². The van der Waals surface area contributed by atoms with Crippen LogP contribution in [-0.2, 0) is 11.3 Å². The third-order valence-corrected chi connectivity index (χ3v) is 3.03. The number of rotatable bonds is 6. The molecule has 4 nitrogen and oxygen atoms in total. The molecule has 1 aromatic rings. The molecule has 0 atom stereocenters. The van der Waals surface area contributed by atoms with E-state index in [1.165, 1.54) is 0 Å². The highest BCUT2D eigenvalue weighted by Crippen LogP contribution is 2.20. The van der Waals surface area contributed by atoms with Crippen molar-refractivity contribution >= 4 is 5.91 Å². The second-order valence-electron chi connectivity index (χ2n) is 5.13. The average Bonchev–Trinajstić information content (AvgIpc) is 2.34. The number of phenolic OH excluding ortho intramolecular Hbond substituents is 1. The highest BCUT2D eigenvalue weighted by Gasteiger charge is 2.13. The molecule has 0 unspecified atom stereocenters. The van der Waals surface area contributed by atoms with E-state index < -0.39 is 0 Å². The van der Waals surface area contributed by atoms with Crippen molar-refractivity contribution in [3.63, 3.8) is 0 Å². The summed E-state index contributed by atoms with van der Waals surface area (Å²) in [6.07, 6.45) is 0.979. The smallest absolute Gasteiger partial charge is 0.236 e. The van der Waals surface area contributed by atoms with E-state index in [0.29, 0.717) is 18.8 Å². The third-order valence-electron chi connectivity index (χ3n) is 3.03. The van der Waals surface area contributed by atoms with Crippen LogP contribution in [-0.4, -0.2) is 48.0 Å². The molecule has 1 rings (SSSR count). The van der Waals surface area contributed by atoms with Crippen LogP contribution in [0.25, 0.3) is 0 Å². The maximum Gasteiger partial charge on any atom is 0.236 e. The molecule has 106 valence electrons. The zero-order chi connectivity index (χ0) is 14.4. The van der Waals surface area contributed by atoms with Crippen LogP contribution in [0.3, 0.4) is 0 Å². The predicted molar refractivity (Wildman–Crippen MR) is 77.1 cm³/mol. The van der Waals surface area contributed by atoms with E-state index >= 15 is 0 Å². The number of hydrogen-bond acceptors (Lipinski definition) is 3. The van der Waals surface area contributed by atoms with Crippen LogP contribution in [0.4, 0.5) is 0 Å². The van der Waals surface area contributed by atoms with Crippen molar-refractivity contribution < 1.29 is 9.90 Å². The van der Waals surface area contributed by atoms with Gasteiger partial charge in [0, 0.05) is 26.2 Å². The van der Waals surface area contributed by atoms with Gasteiger partial charge in [0.1, 0.15) is 5.75 Å². The molecule has 0 fully saturated rings. The number of benzene rings is 1. The van der Waals surface area contributed by atoms with Crippen LogP contribution in [0.2, 0.25) is 0 Å². The lowest BCUT2D eigenvalue weighted by Crippen LogP contribution is -2.36. The van der Waals surface area contributed by atoms with E-state index in [4.69, 9.17) is 0 Å². The zero-order valence-corrected chi connectivity index (χ0v) is 12.3. The molecule has 0 saturated carbocycles. The Bertz CT molecular complexity index is 430.